The second-order valence-electron chi connectivity index (χ2n) is 5.99. The molecule has 0 bridgehead atoms. The Kier molecular flexibility index (Phi) is 3.46. The molecule has 4 rings (SSSR count). The van der Waals surface area contributed by atoms with Crippen molar-refractivity contribution >= 4 is 34.7 Å². The van der Waals surface area contributed by atoms with Crippen molar-refractivity contribution in [2.75, 3.05) is 9.91 Å². The Hall–Kier alpha value is -3.28. The fraction of sp³-hybridized carbons (Fsp3) is 0.158. The van der Waals surface area contributed by atoms with E-state index in [-0.39, 0.29) is 17.4 Å². The van der Waals surface area contributed by atoms with Crippen molar-refractivity contribution in [1.29, 1.82) is 0 Å². The van der Waals surface area contributed by atoms with Crippen LogP contribution in [0.25, 0.3) is 0 Å². The first-order valence-electron chi connectivity index (χ1n) is 7.96. The monoisotopic (exact) mass is 333 g/mol. The van der Waals surface area contributed by atoms with E-state index < -0.39 is 17.9 Å². The number of carbonyl (C=O) groups excluding carboxylic acids is 3. The number of para-hydroxylation sites is 2. The zero-order valence-corrected chi connectivity index (χ0v) is 13.5. The summed E-state index contributed by atoms with van der Waals surface area (Å²) in [6, 6.07) is 17.0. The lowest BCUT2D eigenvalue weighted by molar-refractivity contribution is -0.122. The Morgan fingerprint density at radius 1 is 0.880 bits per heavy atom. The number of nitrogens with zero attached hydrogens (tertiary/aromatic N) is 3. The molecule has 6 heteroatoms. The van der Waals surface area contributed by atoms with Gasteiger partial charge in [0.1, 0.15) is 17.7 Å². The molecule has 2 heterocycles. The number of fused-ring (bicyclic) bond motifs is 1. The van der Waals surface area contributed by atoms with E-state index in [1.54, 1.807) is 36.4 Å². The van der Waals surface area contributed by atoms with Crippen LogP contribution in [0.15, 0.2) is 65.8 Å². The standard InChI is InChI=1S/C19H15N3O3/c1-12(23)16-15-17(22(20-16)14-10-6-3-7-11-14)19(25)21(18(15)24)13-8-4-2-5-9-13/h2-11,15,17H,1H3/t15-,17-/m1/s1. The normalized spacial score (nSPS) is 22.2. The second-order valence-corrected chi connectivity index (χ2v) is 5.99. The molecule has 2 aromatic rings. The van der Waals surface area contributed by atoms with Gasteiger partial charge in [-0.05, 0) is 24.3 Å². The molecule has 0 unspecified atom stereocenters. The minimum atomic E-state index is -0.870. The highest BCUT2D eigenvalue weighted by Gasteiger charge is 2.58. The fourth-order valence-electron chi connectivity index (χ4n) is 3.33. The zero-order chi connectivity index (χ0) is 17.6. The molecule has 2 aliphatic rings. The van der Waals surface area contributed by atoms with E-state index in [0.29, 0.717) is 11.4 Å². The van der Waals surface area contributed by atoms with Crippen LogP contribution in [0, 0.1) is 5.92 Å². The van der Waals surface area contributed by atoms with Gasteiger partial charge in [-0.25, -0.2) is 4.90 Å². The smallest absolute Gasteiger partial charge is 0.259 e. The van der Waals surface area contributed by atoms with Crippen LogP contribution in [-0.2, 0) is 14.4 Å². The number of carbonyl (C=O) groups is 3. The third kappa shape index (κ3) is 2.26. The number of rotatable bonds is 3. The number of anilines is 2. The number of amides is 2. The van der Waals surface area contributed by atoms with E-state index in [1.807, 2.05) is 24.3 Å². The largest absolute Gasteiger partial charge is 0.293 e. The Morgan fingerprint density at radius 2 is 1.44 bits per heavy atom. The molecule has 0 aliphatic carbocycles. The van der Waals surface area contributed by atoms with Crippen LogP contribution in [0.5, 0.6) is 0 Å². The molecule has 2 aliphatic heterocycles. The highest BCUT2D eigenvalue weighted by molar-refractivity contribution is 6.48. The maximum absolute atomic E-state index is 13.0. The van der Waals surface area contributed by atoms with Gasteiger partial charge in [0.15, 0.2) is 5.78 Å². The van der Waals surface area contributed by atoms with Crippen LogP contribution >= 0.6 is 0 Å². The van der Waals surface area contributed by atoms with Crippen LogP contribution in [0.3, 0.4) is 0 Å². The minimum Gasteiger partial charge on any atom is -0.293 e. The molecule has 2 amide bonds. The number of ketones is 1. The van der Waals surface area contributed by atoms with Crippen LogP contribution in [0.2, 0.25) is 0 Å². The molecular weight excluding hydrogens is 318 g/mol. The van der Waals surface area contributed by atoms with Gasteiger partial charge in [0.25, 0.3) is 5.91 Å². The lowest BCUT2D eigenvalue weighted by Gasteiger charge is -2.22. The zero-order valence-electron chi connectivity index (χ0n) is 13.5. The summed E-state index contributed by atoms with van der Waals surface area (Å²) in [5.74, 6) is -1.95. The molecule has 1 saturated heterocycles. The van der Waals surface area contributed by atoms with Crippen molar-refractivity contribution in [2.45, 2.75) is 13.0 Å². The minimum absolute atomic E-state index is 0.130. The van der Waals surface area contributed by atoms with Gasteiger partial charge >= 0.3 is 0 Å². The number of benzene rings is 2. The summed E-state index contributed by atoms with van der Waals surface area (Å²) in [7, 11) is 0. The molecular formula is C19H15N3O3. The van der Waals surface area contributed by atoms with Gasteiger partial charge in [-0.1, -0.05) is 36.4 Å². The molecule has 1 fully saturated rings. The molecule has 2 aromatic carbocycles. The van der Waals surface area contributed by atoms with Gasteiger partial charge in [0, 0.05) is 6.92 Å². The predicted octanol–water partition coefficient (Wildman–Crippen LogP) is 2.01. The van der Waals surface area contributed by atoms with Crippen molar-refractivity contribution in [2.24, 2.45) is 11.0 Å². The first kappa shape index (κ1) is 15.3. The Labute approximate surface area is 144 Å². The second kappa shape index (κ2) is 5.66. The summed E-state index contributed by atoms with van der Waals surface area (Å²) in [4.78, 5) is 39.1. The molecule has 2 atom stereocenters. The summed E-state index contributed by atoms with van der Waals surface area (Å²) in [5.41, 5.74) is 1.30. The molecule has 0 N–H and O–H groups in total. The Balaban J connectivity index is 1.81. The fourth-order valence-corrected chi connectivity index (χ4v) is 3.33. The van der Waals surface area contributed by atoms with Gasteiger partial charge in [-0.3, -0.25) is 19.4 Å². The van der Waals surface area contributed by atoms with E-state index in [2.05, 4.69) is 5.10 Å². The van der Waals surface area contributed by atoms with E-state index in [0.717, 1.165) is 4.90 Å². The first-order valence-corrected chi connectivity index (χ1v) is 7.96. The Morgan fingerprint density at radius 3 is 2.00 bits per heavy atom. The van der Waals surface area contributed by atoms with Crippen molar-refractivity contribution in [3.63, 3.8) is 0 Å². The molecule has 0 saturated carbocycles. The average molecular weight is 333 g/mol. The summed E-state index contributed by atoms with van der Waals surface area (Å²) < 4.78 is 0. The van der Waals surface area contributed by atoms with Gasteiger partial charge in [0.05, 0.1) is 11.4 Å². The maximum atomic E-state index is 13.0. The van der Waals surface area contributed by atoms with E-state index >= 15 is 0 Å². The van der Waals surface area contributed by atoms with E-state index in [1.165, 1.54) is 11.9 Å². The van der Waals surface area contributed by atoms with Crippen LogP contribution in [0.1, 0.15) is 6.92 Å². The third-order valence-electron chi connectivity index (χ3n) is 4.44. The topological polar surface area (TPSA) is 70.1 Å². The van der Waals surface area contributed by atoms with Gasteiger partial charge in [-0.2, -0.15) is 5.10 Å². The summed E-state index contributed by atoms with van der Waals surface area (Å²) in [6.07, 6.45) is 0. The number of Topliss-reactive ketones (excluding diaryl/α,β-unsaturated/α-hetero) is 1. The lowest BCUT2D eigenvalue weighted by atomic mass is 9.95. The number of hydrazone groups is 1. The number of hydrogen-bond acceptors (Lipinski definition) is 5. The predicted molar refractivity (Wildman–Crippen MR) is 93.3 cm³/mol. The SMILES string of the molecule is CC(=O)C1=NN(c2ccccc2)[C@H]2C(=O)N(c3ccccc3)C(=O)[C@H]12. The molecule has 124 valence electrons. The van der Waals surface area contributed by atoms with Gasteiger partial charge in [-0.15, -0.1) is 0 Å². The molecule has 0 aromatic heterocycles. The molecule has 0 radical (unpaired) electrons. The molecule has 25 heavy (non-hydrogen) atoms. The Bertz CT molecular complexity index is 893. The highest BCUT2D eigenvalue weighted by Crippen LogP contribution is 2.37. The van der Waals surface area contributed by atoms with Crippen molar-refractivity contribution in [3.8, 4) is 0 Å². The van der Waals surface area contributed by atoms with Gasteiger partial charge < -0.3 is 0 Å². The van der Waals surface area contributed by atoms with Crippen molar-refractivity contribution in [3.05, 3.63) is 60.7 Å². The lowest BCUT2D eigenvalue weighted by Crippen LogP contribution is -2.39. The summed E-state index contributed by atoms with van der Waals surface area (Å²) in [5, 5.41) is 5.79. The van der Waals surface area contributed by atoms with Crippen LogP contribution < -0.4 is 9.91 Å². The average Bonchev–Trinajstić information content (AvgIpc) is 3.14. The highest BCUT2D eigenvalue weighted by atomic mass is 16.2. The number of imide groups is 1. The van der Waals surface area contributed by atoms with E-state index in [4.69, 9.17) is 0 Å². The first-order chi connectivity index (χ1) is 12.1. The quantitative estimate of drug-likeness (QED) is 0.806. The van der Waals surface area contributed by atoms with Gasteiger partial charge in [0.2, 0.25) is 5.91 Å². The van der Waals surface area contributed by atoms with Crippen molar-refractivity contribution in [1.82, 2.24) is 0 Å². The maximum Gasteiger partial charge on any atom is 0.259 e. The van der Waals surface area contributed by atoms with Crippen molar-refractivity contribution < 1.29 is 14.4 Å². The molecule has 0 spiro atoms. The third-order valence-corrected chi connectivity index (χ3v) is 4.44. The summed E-state index contributed by atoms with van der Waals surface area (Å²) in [6.45, 7) is 1.37. The van der Waals surface area contributed by atoms with Crippen LogP contribution in [0.4, 0.5) is 11.4 Å². The molecule has 6 nitrogen and oxygen atoms in total. The van der Waals surface area contributed by atoms with E-state index in [9.17, 15) is 14.4 Å². The number of hydrogen-bond donors (Lipinski definition) is 0. The van der Waals surface area contributed by atoms with Crippen LogP contribution in [-0.4, -0.2) is 29.4 Å². The summed E-state index contributed by atoms with van der Waals surface area (Å²) >= 11 is 0.